The second-order valence-corrected chi connectivity index (χ2v) is 6.32. The molecule has 0 saturated heterocycles. The average molecular weight is 291 g/mol. The third kappa shape index (κ3) is 4.48. The predicted molar refractivity (Wildman–Crippen MR) is 75.2 cm³/mol. The van der Waals surface area contributed by atoms with Crippen LogP contribution in [-0.4, -0.2) is 15.0 Å². The highest BCUT2D eigenvalue weighted by molar-refractivity contribution is 7.89. The Labute approximate surface area is 114 Å². The number of benzene rings is 1. The summed E-state index contributed by atoms with van der Waals surface area (Å²) in [5.41, 5.74) is 5.86. The minimum atomic E-state index is -3.48. The van der Waals surface area contributed by atoms with Crippen LogP contribution in [0.2, 0.25) is 5.02 Å². The van der Waals surface area contributed by atoms with Gasteiger partial charge in [0, 0.05) is 6.54 Å². The van der Waals surface area contributed by atoms with E-state index in [-0.39, 0.29) is 10.6 Å². The van der Waals surface area contributed by atoms with Gasteiger partial charge in [-0.3, -0.25) is 0 Å². The summed E-state index contributed by atoms with van der Waals surface area (Å²) in [6.07, 6.45) is 4.12. The summed E-state index contributed by atoms with van der Waals surface area (Å²) in [4.78, 5) is 0.153. The molecule has 0 bridgehead atoms. The number of hydrogen-bond acceptors (Lipinski definition) is 3. The summed E-state index contributed by atoms with van der Waals surface area (Å²) in [7, 11) is -3.48. The van der Waals surface area contributed by atoms with Crippen molar-refractivity contribution in [1.29, 1.82) is 0 Å². The van der Waals surface area contributed by atoms with Crippen LogP contribution in [0.25, 0.3) is 0 Å². The van der Waals surface area contributed by atoms with Gasteiger partial charge in [-0.25, -0.2) is 13.1 Å². The van der Waals surface area contributed by atoms with Crippen LogP contribution in [0.4, 0.5) is 5.69 Å². The summed E-state index contributed by atoms with van der Waals surface area (Å²) >= 11 is 5.75. The minimum absolute atomic E-state index is 0.153. The largest absolute Gasteiger partial charge is 0.397 e. The number of unbranched alkanes of at least 4 members (excludes halogenated alkanes) is 3. The fourth-order valence-corrected chi connectivity index (χ4v) is 2.76. The van der Waals surface area contributed by atoms with Gasteiger partial charge in [0.2, 0.25) is 10.0 Å². The molecule has 0 aliphatic rings. The lowest BCUT2D eigenvalue weighted by molar-refractivity contribution is 0.573. The Kier molecular flexibility index (Phi) is 5.91. The first-order chi connectivity index (χ1) is 8.47. The average Bonchev–Trinajstić information content (AvgIpc) is 2.32. The van der Waals surface area contributed by atoms with E-state index >= 15 is 0 Å². The molecule has 1 aromatic rings. The highest BCUT2D eigenvalue weighted by Gasteiger charge is 2.14. The molecular formula is C12H19ClN2O2S. The van der Waals surface area contributed by atoms with Gasteiger partial charge in [0.15, 0.2) is 0 Å². The topological polar surface area (TPSA) is 72.2 Å². The van der Waals surface area contributed by atoms with E-state index in [2.05, 4.69) is 11.6 Å². The van der Waals surface area contributed by atoms with Crippen molar-refractivity contribution in [2.75, 3.05) is 12.3 Å². The summed E-state index contributed by atoms with van der Waals surface area (Å²) in [5, 5.41) is 0.358. The zero-order valence-electron chi connectivity index (χ0n) is 10.4. The van der Waals surface area contributed by atoms with Crippen LogP contribution in [0.15, 0.2) is 23.1 Å². The van der Waals surface area contributed by atoms with Gasteiger partial charge < -0.3 is 5.73 Å². The lowest BCUT2D eigenvalue weighted by Gasteiger charge is -2.07. The zero-order chi connectivity index (χ0) is 13.6. The highest BCUT2D eigenvalue weighted by atomic mass is 35.5. The quantitative estimate of drug-likeness (QED) is 0.599. The second kappa shape index (κ2) is 6.97. The van der Waals surface area contributed by atoms with Crippen molar-refractivity contribution in [3.05, 3.63) is 23.2 Å². The number of hydrogen-bond donors (Lipinski definition) is 2. The van der Waals surface area contributed by atoms with Gasteiger partial charge in [-0.2, -0.15) is 0 Å². The minimum Gasteiger partial charge on any atom is -0.397 e. The molecule has 0 amide bonds. The predicted octanol–water partition coefficient (Wildman–Crippen LogP) is 2.78. The number of anilines is 1. The first-order valence-electron chi connectivity index (χ1n) is 6.02. The van der Waals surface area contributed by atoms with Crippen LogP contribution in [-0.2, 0) is 10.0 Å². The molecular weight excluding hydrogens is 272 g/mol. The maximum Gasteiger partial charge on any atom is 0.240 e. The van der Waals surface area contributed by atoms with E-state index in [0.29, 0.717) is 11.6 Å². The normalized spacial score (nSPS) is 11.7. The Hall–Kier alpha value is -0.780. The third-order valence-electron chi connectivity index (χ3n) is 2.60. The molecule has 0 unspecified atom stereocenters. The Bertz CT molecular complexity index is 489. The molecule has 3 N–H and O–H groups in total. The number of nitrogens with one attached hydrogen (secondary N) is 1. The van der Waals surface area contributed by atoms with Gasteiger partial charge in [-0.05, 0) is 24.6 Å². The van der Waals surface area contributed by atoms with Crippen LogP contribution in [0, 0.1) is 0 Å². The van der Waals surface area contributed by atoms with Crippen molar-refractivity contribution >= 4 is 27.3 Å². The molecule has 4 nitrogen and oxygen atoms in total. The standard InChI is InChI=1S/C12H19ClN2O2S/c1-2-3-4-5-8-15-18(16,17)10-6-7-11(13)12(14)9-10/h6-7,9,15H,2-5,8,14H2,1H3. The summed E-state index contributed by atoms with van der Waals surface area (Å²) in [6, 6.07) is 4.31. The molecule has 1 rings (SSSR count). The van der Waals surface area contributed by atoms with Gasteiger partial charge >= 0.3 is 0 Å². The molecule has 0 aromatic heterocycles. The fourth-order valence-electron chi connectivity index (χ4n) is 1.53. The van der Waals surface area contributed by atoms with Crippen molar-refractivity contribution in [2.24, 2.45) is 0 Å². The van der Waals surface area contributed by atoms with E-state index in [0.717, 1.165) is 25.7 Å². The van der Waals surface area contributed by atoms with E-state index < -0.39 is 10.0 Å². The molecule has 1 aromatic carbocycles. The number of rotatable bonds is 7. The molecule has 0 saturated carbocycles. The first kappa shape index (κ1) is 15.3. The Balaban J connectivity index is 2.60. The number of sulfonamides is 1. The summed E-state index contributed by atoms with van der Waals surface area (Å²) < 4.78 is 26.4. The van der Waals surface area contributed by atoms with Gasteiger partial charge in [0.25, 0.3) is 0 Å². The van der Waals surface area contributed by atoms with Crippen molar-refractivity contribution in [1.82, 2.24) is 4.72 Å². The van der Waals surface area contributed by atoms with Gasteiger partial charge in [-0.15, -0.1) is 0 Å². The van der Waals surface area contributed by atoms with Crippen LogP contribution in [0.5, 0.6) is 0 Å². The zero-order valence-corrected chi connectivity index (χ0v) is 12.0. The monoisotopic (exact) mass is 290 g/mol. The van der Waals surface area contributed by atoms with Crippen LogP contribution >= 0.6 is 11.6 Å². The summed E-state index contributed by atoms with van der Waals surface area (Å²) in [6.45, 7) is 2.56. The molecule has 0 heterocycles. The van der Waals surface area contributed by atoms with Crippen molar-refractivity contribution in [3.63, 3.8) is 0 Å². The number of nitrogens with two attached hydrogens (primary N) is 1. The van der Waals surface area contributed by atoms with E-state index in [1.165, 1.54) is 18.2 Å². The highest BCUT2D eigenvalue weighted by Crippen LogP contribution is 2.22. The molecule has 0 aliphatic carbocycles. The molecule has 6 heteroatoms. The van der Waals surface area contributed by atoms with Crippen molar-refractivity contribution in [2.45, 2.75) is 37.5 Å². The Morgan fingerprint density at radius 3 is 2.61 bits per heavy atom. The number of halogens is 1. The molecule has 0 atom stereocenters. The van der Waals surface area contributed by atoms with Gasteiger partial charge in [0.1, 0.15) is 0 Å². The summed E-state index contributed by atoms with van der Waals surface area (Å²) in [5.74, 6) is 0. The molecule has 0 spiro atoms. The van der Waals surface area contributed by atoms with E-state index in [4.69, 9.17) is 17.3 Å². The van der Waals surface area contributed by atoms with Gasteiger partial charge in [-0.1, -0.05) is 37.8 Å². The van der Waals surface area contributed by atoms with Crippen molar-refractivity contribution < 1.29 is 8.42 Å². The van der Waals surface area contributed by atoms with Gasteiger partial charge in [0.05, 0.1) is 15.6 Å². The van der Waals surface area contributed by atoms with Crippen molar-refractivity contribution in [3.8, 4) is 0 Å². The van der Waals surface area contributed by atoms with Crippen LogP contribution < -0.4 is 10.5 Å². The molecule has 18 heavy (non-hydrogen) atoms. The second-order valence-electron chi connectivity index (χ2n) is 4.14. The third-order valence-corrected chi connectivity index (χ3v) is 4.40. The SMILES string of the molecule is CCCCCCNS(=O)(=O)c1ccc(Cl)c(N)c1. The maximum absolute atomic E-state index is 11.9. The number of nitrogen functional groups attached to an aromatic ring is 1. The smallest absolute Gasteiger partial charge is 0.240 e. The molecule has 0 fully saturated rings. The lowest BCUT2D eigenvalue weighted by atomic mass is 10.2. The molecule has 102 valence electrons. The van der Waals surface area contributed by atoms with E-state index in [1.54, 1.807) is 0 Å². The maximum atomic E-state index is 11.9. The van der Waals surface area contributed by atoms with Crippen LogP contribution in [0.3, 0.4) is 0 Å². The molecule has 0 radical (unpaired) electrons. The Morgan fingerprint density at radius 2 is 2.00 bits per heavy atom. The lowest BCUT2D eigenvalue weighted by Crippen LogP contribution is -2.24. The van der Waals surface area contributed by atoms with E-state index in [1.807, 2.05) is 0 Å². The molecule has 0 aliphatic heterocycles. The fraction of sp³-hybridized carbons (Fsp3) is 0.500. The van der Waals surface area contributed by atoms with Crippen LogP contribution in [0.1, 0.15) is 32.6 Å². The Morgan fingerprint density at radius 1 is 1.28 bits per heavy atom. The van der Waals surface area contributed by atoms with E-state index in [9.17, 15) is 8.42 Å². The first-order valence-corrected chi connectivity index (χ1v) is 7.88.